The fourth-order valence-electron chi connectivity index (χ4n) is 0.733. The average Bonchev–Trinajstić information content (AvgIpc) is 2.20. The van der Waals surface area contributed by atoms with Crippen LogP contribution in [0.5, 0.6) is 0 Å². The van der Waals surface area contributed by atoms with Gasteiger partial charge >= 0.3 is 0 Å². The molecule has 0 aromatic heterocycles. The van der Waals surface area contributed by atoms with Crippen molar-refractivity contribution in [2.75, 3.05) is 39.7 Å². The number of hydrogen-bond acceptors (Lipinski definition) is 4. The van der Waals surface area contributed by atoms with Crippen LogP contribution in [0.4, 0.5) is 0 Å². The normalized spacial score (nSPS) is 14.6. The summed E-state index contributed by atoms with van der Waals surface area (Å²) in [5.41, 5.74) is 0. The number of carbonyl (C=O) groups is 1. The topological polar surface area (TPSA) is 64.6 Å². The molecule has 0 aromatic carbocycles. The van der Waals surface area contributed by atoms with Crippen LogP contribution in [-0.2, 0) is 25.1 Å². The smallest absolute Gasteiger partial charge is 0.246 e. The highest BCUT2D eigenvalue weighted by molar-refractivity contribution is 7.84. The molecule has 5 nitrogen and oxygen atoms in total. The molecule has 6 heteroatoms. The van der Waals surface area contributed by atoms with E-state index in [0.717, 1.165) is 0 Å². The Morgan fingerprint density at radius 2 is 2.13 bits per heavy atom. The van der Waals surface area contributed by atoms with E-state index in [1.165, 1.54) is 0 Å². The minimum atomic E-state index is -0.911. The van der Waals surface area contributed by atoms with Gasteiger partial charge in [-0.25, -0.2) is 0 Å². The molecule has 0 rings (SSSR count). The van der Waals surface area contributed by atoms with Gasteiger partial charge in [-0.3, -0.25) is 9.00 Å². The van der Waals surface area contributed by atoms with E-state index in [1.54, 1.807) is 13.4 Å². The zero-order valence-corrected chi connectivity index (χ0v) is 10.3. The first kappa shape index (κ1) is 14.5. The maximum Gasteiger partial charge on any atom is 0.246 e. The van der Waals surface area contributed by atoms with Gasteiger partial charge in [-0.05, 0) is 6.92 Å². The molecule has 0 fully saturated rings. The number of hydrogen-bond donors (Lipinski definition) is 1. The van der Waals surface area contributed by atoms with E-state index in [4.69, 9.17) is 9.47 Å². The minimum Gasteiger partial charge on any atom is -0.382 e. The van der Waals surface area contributed by atoms with E-state index >= 15 is 0 Å². The van der Waals surface area contributed by atoms with Crippen molar-refractivity contribution in [1.29, 1.82) is 0 Å². The van der Waals surface area contributed by atoms with Gasteiger partial charge in [0.2, 0.25) is 5.91 Å². The Balaban J connectivity index is 3.45. The van der Waals surface area contributed by atoms with Gasteiger partial charge in [0.05, 0.1) is 13.2 Å². The van der Waals surface area contributed by atoms with Crippen molar-refractivity contribution in [3.63, 3.8) is 0 Å². The van der Waals surface area contributed by atoms with Gasteiger partial charge in [-0.1, -0.05) is 0 Å². The highest BCUT2D eigenvalue weighted by Gasteiger charge is 2.08. The van der Waals surface area contributed by atoms with Gasteiger partial charge in [0.15, 0.2) is 0 Å². The molecule has 2 atom stereocenters. The van der Waals surface area contributed by atoms with E-state index in [0.29, 0.717) is 19.8 Å². The summed E-state index contributed by atoms with van der Waals surface area (Å²) in [5.74, 6) is -0.191. The van der Waals surface area contributed by atoms with E-state index in [2.05, 4.69) is 5.32 Å². The first-order valence-corrected chi connectivity index (χ1v) is 6.35. The molecule has 0 saturated heterocycles. The number of amides is 1. The van der Waals surface area contributed by atoms with Crippen LogP contribution in [-0.4, -0.2) is 55.1 Å². The van der Waals surface area contributed by atoms with Gasteiger partial charge in [-0.2, -0.15) is 0 Å². The van der Waals surface area contributed by atoms with Crippen molar-refractivity contribution < 1.29 is 18.5 Å². The van der Waals surface area contributed by atoms with Crippen LogP contribution in [0.25, 0.3) is 0 Å². The Bertz CT molecular complexity index is 210. The third kappa shape index (κ3) is 8.53. The monoisotopic (exact) mass is 237 g/mol. The standard InChI is InChI=1S/C9H19NO4S/c1-8(15(3)12)6-10-9(11)7-14-5-4-13-2/h8H,4-7H2,1-3H3,(H,10,11). The molecule has 15 heavy (non-hydrogen) atoms. The minimum absolute atomic E-state index is 0.0203. The summed E-state index contributed by atoms with van der Waals surface area (Å²) in [6.07, 6.45) is 1.62. The van der Waals surface area contributed by atoms with Crippen molar-refractivity contribution in [3.8, 4) is 0 Å². The largest absolute Gasteiger partial charge is 0.382 e. The number of carbonyl (C=O) groups excluding carboxylic acids is 1. The Kier molecular flexibility index (Phi) is 8.55. The number of methoxy groups -OCH3 is 1. The molecular weight excluding hydrogens is 218 g/mol. The molecule has 0 aliphatic heterocycles. The molecule has 0 spiro atoms. The van der Waals surface area contributed by atoms with Crippen molar-refractivity contribution in [2.24, 2.45) is 0 Å². The maximum absolute atomic E-state index is 11.2. The molecule has 0 radical (unpaired) electrons. The summed E-state index contributed by atoms with van der Waals surface area (Å²) in [6, 6.07) is 0. The Morgan fingerprint density at radius 3 is 2.67 bits per heavy atom. The van der Waals surface area contributed by atoms with Gasteiger partial charge in [0, 0.05) is 36.0 Å². The molecule has 90 valence electrons. The van der Waals surface area contributed by atoms with Crippen LogP contribution >= 0.6 is 0 Å². The first-order valence-electron chi connectivity index (χ1n) is 4.73. The lowest BCUT2D eigenvalue weighted by molar-refractivity contribution is -0.126. The molecule has 0 aromatic rings. The second-order valence-corrected chi connectivity index (χ2v) is 4.96. The molecular formula is C9H19NO4S. The molecule has 0 bridgehead atoms. The molecule has 0 saturated carbocycles. The lowest BCUT2D eigenvalue weighted by Gasteiger charge is -2.09. The predicted octanol–water partition coefficient (Wildman–Crippen LogP) is -0.467. The summed E-state index contributed by atoms with van der Waals surface area (Å²) in [6.45, 7) is 3.13. The number of rotatable bonds is 8. The maximum atomic E-state index is 11.2. The summed E-state index contributed by atoms with van der Waals surface area (Å²) in [5, 5.41) is 2.61. The van der Waals surface area contributed by atoms with E-state index in [-0.39, 0.29) is 17.8 Å². The summed E-state index contributed by atoms with van der Waals surface area (Å²) in [4.78, 5) is 11.2. The van der Waals surface area contributed by atoms with Crippen molar-refractivity contribution in [2.45, 2.75) is 12.2 Å². The Labute approximate surface area is 93.0 Å². The van der Waals surface area contributed by atoms with Gasteiger partial charge in [-0.15, -0.1) is 0 Å². The van der Waals surface area contributed by atoms with Crippen LogP contribution in [0.2, 0.25) is 0 Å². The number of ether oxygens (including phenoxy) is 2. The molecule has 1 N–H and O–H groups in total. The van der Waals surface area contributed by atoms with E-state index in [9.17, 15) is 9.00 Å². The van der Waals surface area contributed by atoms with Gasteiger partial charge in [0.1, 0.15) is 6.61 Å². The SMILES string of the molecule is COCCOCC(=O)NCC(C)S(C)=O. The van der Waals surface area contributed by atoms with E-state index < -0.39 is 10.8 Å². The Morgan fingerprint density at radius 1 is 1.47 bits per heavy atom. The predicted molar refractivity (Wildman–Crippen MR) is 59.2 cm³/mol. The molecule has 0 aliphatic rings. The first-order chi connectivity index (χ1) is 7.07. The fourth-order valence-corrected chi connectivity index (χ4v) is 1.05. The zero-order chi connectivity index (χ0) is 11.7. The highest BCUT2D eigenvalue weighted by atomic mass is 32.2. The Hall–Kier alpha value is -0.460. The van der Waals surface area contributed by atoms with Crippen LogP contribution in [0.3, 0.4) is 0 Å². The van der Waals surface area contributed by atoms with Crippen molar-refractivity contribution in [3.05, 3.63) is 0 Å². The second-order valence-electron chi connectivity index (χ2n) is 3.16. The molecule has 0 heterocycles. The summed E-state index contributed by atoms with van der Waals surface area (Å²) >= 11 is 0. The molecule has 0 aliphatic carbocycles. The van der Waals surface area contributed by atoms with Crippen LogP contribution < -0.4 is 5.32 Å². The lowest BCUT2D eigenvalue weighted by Crippen LogP contribution is -2.35. The molecule has 2 unspecified atom stereocenters. The average molecular weight is 237 g/mol. The third-order valence-electron chi connectivity index (χ3n) is 1.82. The molecule has 1 amide bonds. The number of nitrogens with one attached hydrogen (secondary N) is 1. The van der Waals surface area contributed by atoms with Crippen molar-refractivity contribution >= 4 is 16.7 Å². The summed E-state index contributed by atoms with van der Waals surface area (Å²) in [7, 11) is 0.660. The second kappa shape index (κ2) is 8.82. The summed E-state index contributed by atoms with van der Waals surface area (Å²) < 4.78 is 20.7. The van der Waals surface area contributed by atoms with Crippen molar-refractivity contribution in [1.82, 2.24) is 5.32 Å². The van der Waals surface area contributed by atoms with Crippen LogP contribution in [0, 0.1) is 0 Å². The fraction of sp³-hybridized carbons (Fsp3) is 0.889. The lowest BCUT2D eigenvalue weighted by atomic mass is 10.4. The van der Waals surface area contributed by atoms with Crippen LogP contribution in [0.1, 0.15) is 6.92 Å². The van der Waals surface area contributed by atoms with E-state index in [1.807, 2.05) is 6.92 Å². The third-order valence-corrected chi connectivity index (χ3v) is 3.12. The highest BCUT2D eigenvalue weighted by Crippen LogP contribution is 1.89. The quantitative estimate of drug-likeness (QED) is 0.580. The van der Waals surface area contributed by atoms with Gasteiger partial charge < -0.3 is 14.8 Å². The van der Waals surface area contributed by atoms with Gasteiger partial charge in [0.25, 0.3) is 0 Å². The van der Waals surface area contributed by atoms with Crippen LogP contribution in [0.15, 0.2) is 0 Å². The zero-order valence-electron chi connectivity index (χ0n) is 9.45.